The van der Waals surface area contributed by atoms with Crippen molar-refractivity contribution in [3.8, 4) is 28.0 Å². The van der Waals surface area contributed by atoms with Gasteiger partial charge in [0, 0.05) is 5.56 Å². The third-order valence-corrected chi connectivity index (χ3v) is 4.76. The number of benzene rings is 3. The van der Waals surface area contributed by atoms with E-state index in [2.05, 4.69) is 76.2 Å². The molecule has 1 heteroatoms. The van der Waals surface area contributed by atoms with Crippen molar-refractivity contribution in [2.45, 2.75) is 39.5 Å². The van der Waals surface area contributed by atoms with Gasteiger partial charge in [0.1, 0.15) is 5.75 Å². The molecule has 3 rings (SSSR count). The van der Waals surface area contributed by atoms with Crippen LogP contribution in [0.25, 0.3) is 22.3 Å². The Balaban J connectivity index is 2.10. The lowest BCUT2D eigenvalue weighted by Crippen LogP contribution is -1.94. The molecule has 3 aromatic carbocycles. The fraction of sp³-hybridized carbons (Fsp3) is 0.250. The minimum atomic E-state index is 0.337. The van der Waals surface area contributed by atoms with Crippen LogP contribution in [0.2, 0.25) is 0 Å². The lowest BCUT2D eigenvalue weighted by atomic mass is 9.89. The fourth-order valence-corrected chi connectivity index (χ4v) is 3.44. The van der Waals surface area contributed by atoms with Crippen molar-refractivity contribution >= 4 is 0 Å². The molecule has 1 N–H and O–H groups in total. The van der Waals surface area contributed by atoms with Gasteiger partial charge in [0.2, 0.25) is 0 Å². The molecule has 0 aromatic heterocycles. The maximum absolute atomic E-state index is 10.7. The van der Waals surface area contributed by atoms with Crippen molar-refractivity contribution < 1.29 is 5.11 Å². The standard InChI is InChI=1S/C24H26O/c1-16(2)19-9-5-7-11-21(19)18-13-14-23(24(25)15-18)22-12-8-6-10-20(22)17(3)4/h5-17,25H,1-4H3. The van der Waals surface area contributed by atoms with E-state index in [9.17, 15) is 5.11 Å². The third-order valence-electron chi connectivity index (χ3n) is 4.76. The minimum absolute atomic E-state index is 0.337. The van der Waals surface area contributed by atoms with Gasteiger partial charge in [-0.05, 0) is 45.7 Å². The van der Waals surface area contributed by atoms with Crippen molar-refractivity contribution in [2.24, 2.45) is 0 Å². The second-order valence-corrected chi connectivity index (χ2v) is 7.22. The summed E-state index contributed by atoms with van der Waals surface area (Å²) in [6, 6.07) is 22.8. The summed E-state index contributed by atoms with van der Waals surface area (Å²) >= 11 is 0. The van der Waals surface area contributed by atoms with E-state index >= 15 is 0 Å². The average molecular weight is 330 g/mol. The summed E-state index contributed by atoms with van der Waals surface area (Å²) in [5.74, 6) is 1.20. The van der Waals surface area contributed by atoms with Crippen molar-refractivity contribution in [2.75, 3.05) is 0 Å². The molecule has 25 heavy (non-hydrogen) atoms. The van der Waals surface area contributed by atoms with Crippen LogP contribution in [-0.2, 0) is 0 Å². The maximum Gasteiger partial charge on any atom is 0.124 e. The Hall–Kier alpha value is -2.54. The molecule has 1 nitrogen and oxygen atoms in total. The Kier molecular flexibility index (Phi) is 4.94. The first kappa shape index (κ1) is 17.3. The molecule has 0 amide bonds. The first-order valence-electron chi connectivity index (χ1n) is 9.00. The highest BCUT2D eigenvalue weighted by atomic mass is 16.3. The predicted octanol–water partition coefficient (Wildman–Crippen LogP) is 6.97. The van der Waals surface area contributed by atoms with E-state index in [0.717, 1.165) is 16.7 Å². The van der Waals surface area contributed by atoms with Crippen LogP contribution in [0, 0.1) is 0 Å². The van der Waals surface area contributed by atoms with E-state index in [4.69, 9.17) is 0 Å². The Labute approximate surface area is 151 Å². The molecule has 0 fully saturated rings. The Morgan fingerprint density at radius 3 is 1.68 bits per heavy atom. The predicted molar refractivity (Wildman–Crippen MR) is 107 cm³/mol. The summed E-state index contributed by atoms with van der Waals surface area (Å²) in [5.41, 5.74) is 6.82. The summed E-state index contributed by atoms with van der Waals surface area (Å²) in [6.07, 6.45) is 0. The van der Waals surface area contributed by atoms with Crippen LogP contribution in [0.4, 0.5) is 0 Å². The van der Waals surface area contributed by atoms with Crippen molar-refractivity contribution in [3.63, 3.8) is 0 Å². The van der Waals surface area contributed by atoms with Gasteiger partial charge >= 0.3 is 0 Å². The molecule has 0 aliphatic rings. The summed E-state index contributed by atoms with van der Waals surface area (Å²) < 4.78 is 0. The van der Waals surface area contributed by atoms with Crippen molar-refractivity contribution in [1.29, 1.82) is 0 Å². The number of phenols is 1. The topological polar surface area (TPSA) is 20.2 Å². The zero-order valence-corrected chi connectivity index (χ0v) is 15.5. The highest BCUT2D eigenvalue weighted by Gasteiger charge is 2.14. The quantitative estimate of drug-likeness (QED) is 0.547. The van der Waals surface area contributed by atoms with Gasteiger partial charge in [0.25, 0.3) is 0 Å². The van der Waals surface area contributed by atoms with Gasteiger partial charge in [-0.2, -0.15) is 0 Å². The van der Waals surface area contributed by atoms with Crippen LogP contribution < -0.4 is 0 Å². The fourth-order valence-electron chi connectivity index (χ4n) is 3.44. The SMILES string of the molecule is CC(C)c1ccccc1-c1ccc(-c2ccccc2C(C)C)c(O)c1. The van der Waals surface area contributed by atoms with E-state index in [1.54, 1.807) is 0 Å². The van der Waals surface area contributed by atoms with E-state index in [-0.39, 0.29) is 0 Å². The first-order chi connectivity index (χ1) is 12.0. The molecule has 128 valence electrons. The lowest BCUT2D eigenvalue weighted by molar-refractivity contribution is 0.477. The number of rotatable bonds is 4. The zero-order valence-electron chi connectivity index (χ0n) is 15.5. The molecule has 0 saturated heterocycles. The molecule has 0 aliphatic heterocycles. The van der Waals surface area contributed by atoms with E-state index in [0.29, 0.717) is 17.6 Å². The van der Waals surface area contributed by atoms with Gasteiger partial charge in [0.15, 0.2) is 0 Å². The largest absolute Gasteiger partial charge is 0.507 e. The monoisotopic (exact) mass is 330 g/mol. The summed E-state index contributed by atoms with van der Waals surface area (Å²) in [7, 11) is 0. The molecule has 0 saturated carbocycles. The summed E-state index contributed by atoms with van der Waals surface area (Å²) in [6.45, 7) is 8.77. The van der Waals surface area contributed by atoms with Crippen LogP contribution in [-0.4, -0.2) is 5.11 Å². The first-order valence-corrected chi connectivity index (χ1v) is 9.00. The average Bonchev–Trinajstić information content (AvgIpc) is 2.61. The maximum atomic E-state index is 10.7. The van der Waals surface area contributed by atoms with Crippen LogP contribution in [0.5, 0.6) is 5.75 Å². The Bertz CT molecular complexity index is 875. The van der Waals surface area contributed by atoms with Gasteiger partial charge < -0.3 is 5.11 Å². The second-order valence-electron chi connectivity index (χ2n) is 7.22. The Morgan fingerprint density at radius 1 is 0.600 bits per heavy atom. The molecule has 0 spiro atoms. The van der Waals surface area contributed by atoms with Crippen LogP contribution in [0.3, 0.4) is 0 Å². The molecule has 0 atom stereocenters. The number of hydrogen-bond donors (Lipinski definition) is 1. The molecular weight excluding hydrogens is 304 g/mol. The van der Waals surface area contributed by atoms with E-state index in [1.165, 1.54) is 16.7 Å². The molecule has 0 radical (unpaired) electrons. The van der Waals surface area contributed by atoms with Gasteiger partial charge in [-0.1, -0.05) is 88.4 Å². The van der Waals surface area contributed by atoms with Crippen LogP contribution >= 0.6 is 0 Å². The van der Waals surface area contributed by atoms with E-state index < -0.39 is 0 Å². The zero-order chi connectivity index (χ0) is 18.0. The normalized spacial score (nSPS) is 11.3. The summed E-state index contributed by atoms with van der Waals surface area (Å²) in [4.78, 5) is 0. The smallest absolute Gasteiger partial charge is 0.124 e. The second kappa shape index (κ2) is 7.14. The van der Waals surface area contributed by atoms with Crippen LogP contribution in [0.15, 0.2) is 66.7 Å². The van der Waals surface area contributed by atoms with Crippen molar-refractivity contribution in [3.05, 3.63) is 77.9 Å². The molecule has 0 unspecified atom stereocenters. The molecule has 3 aromatic rings. The van der Waals surface area contributed by atoms with Crippen molar-refractivity contribution in [1.82, 2.24) is 0 Å². The highest BCUT2D eigenvalue weighted by molar-refractivity contribution is 5.79. The molecule has 0 aliphatic carbocycles. The Morgan fingerprint density at radius 2 is 1.12 bits per heavy atom. The molecule has 0 bridgehead atoms. The van der Waals surface area contributed by atoms with Gasteiger partial charge in [-0.3, -0.25) is 0 Å². The third kappa shape index (κ3) is 3.46. The summed E-state index contributed by atoms with van der Waals surface area (Å²) in [5, 5.41) is 10.7. The lowest BCUT2D eigenvalue weighted by Gasteiger charge is -2.16. The minimum Gasteiger partial charge on any atom is -0.507 e. The highest BCUT2D eigenvalue weighted by Crippen LogP contribution is 2.38. The van der Waals surface area contributed by atoms with Gasteiger partial charge in [-0.25, -0.2) is 0 Å². The molecule has 0 heterocycles. The van der Waals surface area contributed by atoms with Gasteiger partial charge in [-0.15, -0.1) is 0 Å². The van der Waals surface area contributed by atoms with Crippen LogP contribution in [0.1, 0.15) is 50.7 Å². The molecular formula is C24H26O. The number of hydrogen-bond acceptors (Lipinski definition) is 1. The van der Waals surface area contributed by atoms with Gasteiger partial charge in [0.05, 0.1) is 0 Å². The van der Waals surface area contributed by atoms with E-state index in [1.807, 2.05) is 18.2 Å². The number of aromatic hydroxyl groups is 1. The number of phenolic OH excluding ortho intramolecular Hbond substituents is 1.